The molecule has 27 heavy (non-hydrogen) atoms. The number of carbonyl (C=O) groups excluding carboxylic acids is 1. The monoisotopic (exact) mass is 400 g/mol. The van der Waals surface area contributed by atoms with Gasteiger partial charge in [-0.2, -0.15) is 0 Å². The van der Waals surface area contributed by atoms with Crippen LogP contribution in [0, 0.1) is 19.7 Å². The maximum absolute atomic E-state index is 14.0. The van der Waals surface area contributed by atoms with Gasteiger partial charge in [-0.05, 0) is 37.6 Å². The number of benzene rings is 2. The Hall–Kier alpha value is -2.12. The Bertz CT molecular complexity index is 1020. The zero-order chi connectivity index (χ0) is 19.0. The molecule has 0 radical (unpaired) electrons. The first-order chi connectivity index (χ1) is 13.0. The summed E-state index contributed by atoms with van der Waals surface area (Å²) in [6.07, 6.45) is 0. The molecule has 1 fully saturated rings. The summed E-state index contributed by atoms with van der Waals surface area (Å²) in [6.45, 7) is 3.60. The molecule has 1 aliphatic rings. The number of esters is 1. The first-order valence-electron chi connectivity index (χ1n) is 8.51. The number of nitrogens with zero attached hydrogens (tertiary/aromatic N) is 2. The van der Waals surface area contributed by atoms with Gasteiger partial charge in [-0.3, -0.25) is 0 Å². The molecule has 4 nitrogen and oxygen atoms in total. The van der Waals surface area contributed by atoms with E-state index >= 15 is 0 Å². The van der Waals surface area contributed by atoms with E-state index in [1.165, 1.54) is 11.6 Å². The molecule has 0 aliphatic carbocycles. The lowest BCUT2D eigenvalue weighted by atomic mass is 10.1. The molecular weight excluding hydrogens is 383 g/mol. The van der Waals surface area contributed by atoms with Gasteiger partial charge in [-0.25, -0.2) is 19.2 Å². The van der Waals surface area contributed by atoms with Gasteiger partial charge in [-0.15, -0.1) is 23.5 Å². The summed E-state index contributed by atoms with van der Waals surface area (Å²) in [5, 5.41) is 0. The summed E-state index contributed by atoms with van der Waals surface area (Å²) in [5.74, 6) is 1.54. The van der Waals surface area contributed by atoms with E-state index in [0.717, 1.165) is 17.6 Å². The number of hydrogen-bond donors (Lipinski definition) is 0. The van der Waals surface area contributed by atoms with Gasteiger partial charge in [0.2, 0.25) is 0 Å². The normalized spacial score (nSPS) is 14.6. The zero-order valence-electron chi connectivity index (χ0n) is 14.9. The number of halogens is 1. The summed E-state index contributed by atoms with van der Waals surface area (Å²) in [6, 6.07) is 9.90. The van der Waals surface area contributed by atoms with Crippen LogP contribution in [0.4, 0.5) is 4.39 Å². The number of fused-ring (bicyclic) bond motifs is 1. The fourth-order valence-corrected chi connectivity index (χ4v) is 5.72. The third-order valence-electron chi connectivity index (χ3n) is 4.35. The van der Waals surface area contributed by atoms with E-state index in [9.17, 15) is 9.18 Å². The molecule has 1 saturated heterocycles. The summed E-state index contributed by atoms with van der Waals surface area (Å²) in [5.41, 5.74) is 3.36. The summed E-state index contributed by atoms with van der Waals surface area (Å²) in [7, 11) is 0. The van der Waals surface area contributed by atoms with Crippen LogP contribution in [0.15, 0.2) is 36.4 Å². The van der Waals surface area contributed by atoms with Gasteiger partial charge in [0.25, 0.3) is 0 Å². The van der Waals surface area contributed by atoms with Gasteiger partial charge in [0.1, 0.15) is 17.1 Å². The molecular formula is C20H17FN2O2S2. The molecule has 0 amide bonds. The lowest BCUT2D eigenvalue weighted by molar-refractivity contribution is 0.0736. The van der Waals surface area contributed by atoms with Crippen molar-refractivity contribution in [3.63, 3.8) is 0 Å². The molecule has 0 atom stereocenters. The minimum Gasteiger partial charge on any atom is -0.423 e. The highest BCUT2D eigenvalue weighted by Gasteiger charge is 2.20. The van der Waals surface area contributed by atoms with Crippen molar-refractivity contribution in [1.29, 1.82) is 0 Å². The van der Waals surface area contributed by atoms with Crippen LogP contribution >= 0.6 is 23.5 Å². The fourth-order valence-electron chi connectivity index (χ4n) is 2.86. The van der Waals surface area contributed by atoms with Crippen LogP contribution in [-0.4, -0.2) is 27.4 Å². The van der Waals surface area contributed by atoms with Crippen LogP contribution in [0.3, 0.4) is 0 Å². The van der Waals surface area contributed by atoms with E-state index in [4.69, 9.17) is 4.74 Å². The number of aryl methyl sites for hydroxylation is 2. The van der Waals surface area contributed by atoms with Gasteiger partial charge in [-0.1, -0.05) is 12.1 Å². The van der Waals surface area contributed by atoms with Gasteiger partial charge in [0, 0.05) is 17.6 Å². The number of aromatic nitrogens is 2. The predicted octanol–water partition coefficient (Wildman–Crippen LogP) is 5.08. The molecule has 0 bridgehead atoms. The highest BCUT2D eigenvalue weighted by Crippen LogP contribution is 2.45. The molecule has 0 spiro atoms. The Morgan fingerprint density at radius 2 is 1.74 bits per heavy atom. The molecule has 1 aliphatic heterocycles. The zero-order valence-corrected chi connectivity index (χ0v) is 16.5. The quantitative estimate of drug-likeness (QED) is 0.451. The van der Waals surface area contributed by atoms with Crippen LogP contribution in [0.1, 0.15) is 31.9 Å². The second-order valence-corrected chi connectivity index (χ2v) is 8.97. The molecule has 2 aromatic carbocycles. The smallest absolute Gasteiger partial charge is 0.345 e. The van der Waals surface area contributed by atoms with Crippen molar-refractivity contribution >= 4 is 40.5 Å². The average Bonchev–Trinajstić information content (AvgIpc) is 3.18. The Balaban J connectivity index is 1.62. The number of rotatable bonds is 3. The molecule has 0 N–H and O–H groups in total. The third-order valence-corrected chi connectivity index (χ3v) is 7.45. The molecule has 1 aromatic heterocycles. The number of ether oxygens (including phenoxy) is 1. The highest BCUT2D eigenvalue weighted by atomic mass is 32.2. The predicted molar refractivity (Wildman–Crippen MR) is 108 cm³/mol. The Labute approximate surface area is 164 Å². The number of thioether (sulfide) groups is 2. The molecule has 2 heterocycles. The molecule has 0 saturated carbocycles. The van der Waals surface area contributed by atoms with Crippen LogP contribution in [0.25, 0.3) is 11.0 Å². The Morgan fingerprint density at radius 3 is 2.44 bits per heavy atom. The second kappa shape index (κ2) is 7.48. The lowest BCUT2D eigenvalue weighted by Crippen LogP contribution is -2.11. The lowest BCUT2D eigenvalue weighted by Gasteiger charge is -2.11. The average molecular weight is 401 g/mol. The second-order valence-electron chi connectivity index (χ2n) is 6.25. The number of hydrogen-bond acceptors (Lipinski definition) is 6. The third kappa shape index (κ3) is 3.80. The Kier molecular flexibility index (Phi) is 5.06. The molecule has 138 valence electrons. The molecule has 3 aromatic rings. The van der Waals surface area contributed by atoms with Crippen molar-refractivity contribution < 1.29 is 13.9 Å². The van der Waals surface area contributed by atoms with E-state index in [2.05, 4.69) is 9.97 Å². The van der Waals surface area contributed by atoms with Crippen molar-refractivity contribution in [2.75, 3.05) is 11.5 Å². The summed E-state index contributed by atoms with van der Waals surface area (Å²) < 4.78 is 19.9. The van der Waals surface area contributed by atoms with Crippen LogP contribution in [0.2, 0.25) is 0 Å². The fraction of sp³-hybridized carbons (Fsp3) is 0.250. The van der Waals surface area contributed by atoms with E-state index in [1.54, 1.807) is 26.0 Å². The molecule has 7 heteroatoms. The van der Waals surface area contributed by atoms with E-state index in [-0.39, 0.29) is 5.56 Å². The number of carbonyl (C=O) groups is 1. The van der Waals surface area contributed by atoms with E-state index in [1.807, 2.05) is 35.7 Å². The largest absolute Gasteiger partial charge is 0.423 e. The van der Waals surface area contributed by atoms with Crippen LogP contribution in [-0.2, 0) is 0 Å². The van der Waals surface area contributed by atoms with Gasteiger partial charge < -0.3 is 4.74 Å². The SMILES string of the molecule is Cc1nc2cc(F)cc(C(=O)Oc3ccc(C4SCCS4)cc3)c2nc1C. The minimum absolute atomic E-state index is 0.0755. The minimum atomic E-state index is -0.644. The first-order valence-corrected chi connectivity index (χ1v) is 10.6. The van der Waals surface area contributed by atoms with Crippen molar-refractivity contribution in [3.05, 3.63) is 64.7 Å². The van der Waals surface area contributed by atoms with E-state index < -0.39 is 11.8 Å². The summed E-state index contributed by atoms with van der Waals surface area (Å²) in [4.78, 5) is 21.4. The molecule has 0 unspecified atom stereocenters. The first kappa shape index (κ1) is 18.3. The van der Waals surface area contributed by atoms with Crippen molar-refractivity contribution in [1.82, 2.24) is 9.97 Å². The van der Waals surface area contributed by atoms with Crippen molar-refractivity contribution in [2.45, 2.75) is 18.4 Å². The van der Waals surface area contributed by atoms with Crippen molar-refractivity contribution in [2.24, 2.45) is 0 Å². The van der Waals surface area contributed by atoms with E-state index in [0.29, 0.717) is 32.8 Å². The maximum Gasteiger partial charge on any atom is 0.345 e. The highest BCUT2D eigenvalue weighted by molar-refractivity contribution is 8.19. The van der Waals surface area contributed by atoms with Crippen LogP contribution in [0.5, 0.6) is 5.75 Å². The summed E-state index contributed by atoms with van der Waals surface area (Å²) >= 11 is 3.83. The van der Waals surface area contributed by atoms with Crippen LogP contribution < -0.4 is 4.74 Å². The topological polar surface area (TPSA) is 52.1 Å². The molecule has 4 rings (SSSR count). The maximum atomic E-state index is 14.0. The van der Waals surface area contributed by atoms with Gasteiger partial charge >= 0.3 is 5.97 Å². The van der Waals surface area contributed by atoms with Gasteiger partial charge in [0.15, 0.2) is 0 Å². The standard InChI is InChI=1S/C20H17FN2O2S2/c1-11-12(2)23-18-16(9-14(21)10-17(18)22-11)19(24)25-15-5-3-13(4-6-15)20-26-7-8-27-20/h3-6,9-10,20H,7-8H2,1-2H3. The Morgan fingerprint density at radius 1 is 1.07 bits per heavy atom. The van der Waals surface area contributed by atoms with Gasteiger partial charge in [0.05, 0.1) is 27.0 Å². The van der Waals surface area contributed by atoms with Crippen molar-refractivity contribution in [3.8, 4) is 5.75 Å².